The summed E-state index contributed by atoms with van der Waals surface area (Å²) in [6, 6.07) is 24.1. The number of ketones is 1. The van der Waals surface area contributed by atoms with Crippen LogP contribution in [0.2, 0.25) is 0 Å². The van der Waals surface area contributed by atoms with Gasteiger partial charge in [0.2, 0.25) is 21.8 Å². The van der Waals surface area contributed by atoms with E-state index in [1.54, 1.807) is 43.9 Å². The van der Waals surface area contributed by atoms with Crippen molar-refractivity contribution >= 4 is 56.0 Å². The number of ether oxygens (including phenoxy) is 2. The molecule has 4 aliphatic rings. The number of Topliss-reactive ketones (excluding diaryl/α,β-unsaturated/α-hetero) is 1. The molecule has 370 valence electrons. The lowest BCUT2D eigenvalue weighted by molar-refractivity contribution is -0.159. The predicted molar refractivity (Wildman–Crippen MR) is 271 cm³/mol. The Labute approximate surface area is 415 Å². The van der Waals surface area contributed by atoms with Crippen molar-refractivity contribution < 1.29 is 37.1 Å². The highest BCUT2D eigenvalue weighted by molar-refractivity contribution is 7.91. The number of rotatable bonds is 12. The Morgan fingerprint density at radius 3 is 2.40 bits per heavy atom. The van der Waals surface area contributed by atoms with E-state index in [-0.39, 0.29) is 49.5 Å². The highest BCUT2D eigenvalue weighted by atomic mass is 32.2. The molecule has 1 N–H and O–H groups in total. The molecular formula is C55H65N5O8S2. The summed E-state index contributed by atoms with van der Waals surface area (Å²) in [7, 11) is -3.97. The summed E-state index contributed by atoms with van der Waals surface area (Å²) in [5.74, 6) is -2.94. The van der Waals surface area contributed by atoms with Gasteiger partial charge in [-0.1, -0.05) is 85.7 Å². The maximum Gasteiger partial charge on any atom is 0.307 e. The van der Waals surface area contributed by atoms with Crippen molar-refractivity contribution in [3.63, 3.8) is 0 Å². The Morgan fingerprint density at radius 2 is 1.69 bits per heavy atom. The van der Waals surface area contributed by atoms with Gasteiger partial charge in [0.15, 0.2) is 5.78 Å². The van der Waals surface area contributed by atoms with Crippen LogP contribution in [-0.4, -0.2) is 80.5 Å². The van der Waals surface area contributed by atoms with Crippen LogP contribution >= 0.6 is 11.3 Å². The first-order chi connectivity index (χ1) is 33.3. The number of amides is 2. The third-order valence-corrected chi connectivity index (χ3v) is 17.6. The van der Waals surface area contributed by atoms with Crippen LogP contribution in [0.5, 0.6) is 6.01 Å². The fourth-order valence-electron chi connectivity index (χ4n) is 10.2. The van der Waals surface area contributed by atoms with Crippen molar-refractivity contribution in [2.45, 2.75) is 147 Å². The van der Waals surface area contributed by atoms with Crippen LogP contribution in [0.15, 0.2) is 90.3 Å². The van der Waals surface area contributed by atoms with Crippen molar-refractivity contribution in [1.82, 2.24) is 24.2 Å². The summed E-state index contributed by atoms with van der Waals surface area (Å²) >= 11 is 1.56. The Bertz CT molecular complexity index is 2910. The van der Waals surface area contributed by atoms with Gasteiger partial charge in [-0.2, -0.15) is 4.98 Å². The average Bonchev–Trinajstić information content (AvgIpc) is 4.00. The number of allylic oxidation sites excluding steroid dienone is 2. The summed E-state index contributed by atoms with van der Waals surface area (Å²) in [5.41, 5.74) is 4.83. The molecule has 2 amide bonds. The SMILES string of the molecule is CC(C)n1c(O[C@@H]2C[C@H]3C(=O)C[C@]4(C(=O)NS(=O)(=O)C5(C)CC5)C[C@H]4/C=C\CCCCC[C@H](CC(=O)OC(C)(C)C)C(=O)N3C2)nc2c(-c3nc(Cc4ccc(-c5ccccc5)cc4)cs3)cccc21. The van der Waals surface area contributed by atoms with Crippen molar-refractivity contribution in [2.75, 3.05) is 6.54 Å². The molecular weight excluding hydrogens is 923 g/mol. The van der Waals surface area contributed by atoms with Crippen LogP contribution in [0, 0.1) is 17.3 Å². The lowest BCUT2D eigenvalue weighted by Crippen LogP contribution is -2.47. The Balaban J connectivity index is 1.00. The zero-order valence-electron chi connectivity index (χ0n) is 41.1. The minimum absolute atomic E-state index is 0.0473. The number of nitrogens with one attached hydrogen (secondary N) is 1. The van der Waals surface area contributed by atoms with Gasteiger partial charge in [-0.25, -0.2) is 13.4 Å². The first kappa shape index (κ1) is 49.3. The Morgan fingerprint density at radius 1 is 0.943 bits per heavy atom. The number of hydrogen-bond donors (Lipinski definition) is 1. The molecule has 0 spiro atoms. The molecule has 0 radical (unpaired) electrons. The van der Waals surface area contributed by atoms with Crippen LogP contribution in [-0.2, 0) is 40.4 Å². The molecule has 3 aromatic carbocycles. The van der Waals surface area contributed by atoms with E-state index < -0.39 is 55.7 Å². The summed E-state index contributed by atoms with van der Waals surface area (Å²) < 4.78 is 42.7. The van der Waals surface area contributed by atoms with Crippen molar-refractivity contribution in [1.29, 1.82) is 0 Å². The summed E-state index contributed by atoms with van der Waals surface area (Å²) in [6.07, 6.45) is 8.42. The number of sulfonamides is 1. The molecule has 0 bridgehead atoms. The third-order valence-electron chi connectivity index (χ3n) is 14.5. The van der Waals surface area contributed by atoms with Gasteiger partial charge in [0.25, 0.3) is 6.01 Å². The van der Waals surface area contributed by atoms with E-state index >= 15 is 0 Å². The predicted octanol–water partition coefficient (Wildman–Crippen LogP) is 10.2. The number of aromatic nitrogens is 3. The second-order valence-corrected chi connectivity index (χ2v) is 24.5. The molecule has 9 rings (SSSR count). The molecule has 1 saturated heterocycles. The third kappa shape index (κ3) is 10.5. The standard InChI is InChI=1S/C55H65N5O8S2/c1-35(2)60-44-21-15-20-43(49-56-41(34-69-49)28-36-22-24-38(25-23-36)37-16-12-10-13-17-37)48(44)57-52(60)67-42-30-45-46(61)32-55(51(64)58-70(65,66)54(6)26-27-54)31-40(55)19-14-9-7-8-11-18-39(50(63)59(45)33-42)29-47(62)68-53(3,4)5/h10,12-17,19-25,34-35,39-40,42,45H,7-9,11,18,26-33H2,1-6H3,(H,58,64)/b19-14-/t39-,40-,42-,45+,55-/m1/s1. The number of benzene rings is 3. The number of esters is 1. The zero-order valence-corrected chi connectivity index (χ0v) is 42.7. The fourth-order valence-corrected chi connectivity index (χ4v) is 12.3. The quantitative estimate of drug-likeness (QED) is 0.0939. The van der Waals surface area contributed by atoms with E-state index in [2.05, 4.69) is 46.5 Å². The van der Waals surface area contributed by atoms with Crippen LogP contribution in [0.3, 0.4) is 0 Å². The van der Waals surface area contributed by atoms with E-state index in [1.807, 2.05) is 67.0 Å². The second-order valence-electron chi connectivity index (χ2n) is 21.4. The summed E-state index contributed by atoms with van der Waals surface area (Å²) in [5, 5.41) is 2.91. The summed E-state index contributed by atoms with van der Waals surface area (Å²) in [6.45, 7) is 11.1. The zero-order chi connectivity index (χ0) is 49.6. The molecule has 5 aromatic rings. The topological polar surface area (TPSA) is 167 Å². The van der Waals surface area contributed by atoms with Crippen LogP contribution in [0.25, 0.3) is 32.7 Å². The average molecular weight is 988 g/mol. The maximum absolute atomic E-state index is 14.9. The Kier molecular flexibility index (Phi) is 13.7. The number of carbonyl (C=O) groups excluding carboxylic acids is 4. The number of fused-ring (bicyclic) bond motifs is 3. The number of hydrogen-bond acceptors (Lipinski definition) is 11. The monoisotopic (exact) mass is 987 g/mol. The normalized spacial score (nSPS) is 24.3. The van der Waals surface area contributed by atoms with Gasteiger partial charge < -0.3 is 14.4 Å². The van der Waals surface area contributed by atoms with Crippen LogP contribution < -0.4 is 9.46 Å². The van der Waals surface area contributed by atoms with E-state index in [0.29, 0.717) is 50.1 Å². The van der Waals surface area contributed by atoms with E-state index in [4.69, 9.17) is 19.4 Å². The number of para-hydroxylation sites is 1. The minimum atomic E-state index is -3.97. The lowest BCUT2D eigenvalue weighted by Gasteiger charge is -2.29. The van der Waals surface area contributed by atoms with Gasteiger partial charge in [-0.3, -0.25) is 28.5 Å². The maximum atomic E-state index is 14.9. The van der Waals surface area contributed by atoms with E-state index in [9.17, 15) is 27.6 Å². The molecule has 5 atom stereocenters. The number of imidazole rings is 1. The van der Waals surface area contributed by atoms with Crippen molar-refractivity contribution in [3.8, 4) is 27.7 Å². The highest BCUT2D eigenvalue weighted by Crippen LogP contribution is 2.58. The molecule has 15 heteroatoms. The van der Waals surface area contributed by atoms with Gasteiger partial charge in [0, 0.05) is 42.2 Å². The highest BCUT2D eigenvalue weighted by Gasteiger charge is 2.62. The first-order valence-corrected chi connectivity index (χ1v) is 27.2. The largest absolute Gasteiger partial charge is 0.460 e. The molecule has 0 unspecified atom stereocenters. The fraction of sp³-hybridized carbons (Fsp3) is 0.491. The molecule has 2 aliphatic heterocycles. The Hall–Kier alpha value is -5.67. The second kappa shape index (κ2) is 19.5. The number of thiazole rings is 1. The molecule has 4 heterocycles. The van der Waals surface area contributed by atoms with Crippen molar-refractivity contribution in [2.24, 2.45) is 17.3 Å². The van der Waals surface area contributed by atoms with Gasteiger partial charge in [0.1, 0.15) is 22.2 Å². The summed E-state index contributed by atoms with van der Waals surface area (Å²) in [4.78, 5) is 69.1. The molecule has 13 nitrogen and oxygen atoms in total. The molecule has 2 aromatic heterocycles. The lowest BCUT2D eigenvalue weighted by atomic mass is 9.90. The number of nitrogens with zero attached hydrogens (tertiary/aromatic N) is 4. The number of carbonyl (C=O) groups is 4. The van der Waals surface area contributed by atoms with E-state index in [1.165, 1.54) is 5.56 Å². The van der Waals surface area contributed by atoms with Gasteiger partial charge in [-0.15, -0.1) is 11.3 Å². The smallest absolute Gasteiger partial charge is 0.307 e. The van der Waals surface area contributed by atoms with Crippen molar-refractivity contribution in [3.05, 3.63) is 102 Å². The van der Waals surface area contributed by atoms with Gasteiger partial charge in [0.05, 0.1) is 40.4 Å². The molecule has 2 saturated carbocycles. The van der Waals surface area contributed by atoms with Gasteiger partial charge in [-0.05, 0) is 115 Å². The van der Waals surface area contributed by atoms with E-state index in [0.717, 1.165) is 52.2 Å². The molecule has 3 fully saturated rings. The van der Waals surface area contributed by atoms with Crippen LogP contribution in [0.4, 0.5) is 0 Å². The first-order valence-electron chi connectivity index (χ1n) is 24.9. The minimum Gasteiger partial charge on any atom is -0.460 e. The van der Waals surface area contributed by atoms with Gasteiger partial charge >= 0.3 is 5.97 Å². The van der Waals surface area contributed by atoms with Crippen LogP contribution in [0.1, 0.15) is 129 Å². The molecule has 70 heavy (non-hydrogen) atoms. The molecule has 2 aliphatic carbocycles.